The molecule has 1 aromatic carbocycles. The third-order valence-corrected chi connectivity index (χ3v) is 3.59. The Labute approximate surface area is 107 Å². The predicted octanol–water partition coefficient (Wildman–Crippen LogP) is 1.66. The van der Waals surface area contributed by atoms with Crippen LogP contribution in [0, 0.1) is 0 Å². The van der Waals surface area contributed by atoms with Crippen molar-refractivity contribution in [2.45, 2.75) is 31.4 Å². The van der Waals surface area contributed by atoms with Gasteiger partial charge in [-0.25, -0.2) is 0 Å². The van der Waals surface area contributed by atoms with E-state index in [0.717, 1.165) is 5.56 Å². The summed E-state index contributed by atoms with van der Waals surface area (Å²) in [7, 11) is 0. The molecule has 18 heavy (non-hydrogen) atoms. The van der Waals surface area contributed by atoms with E-state index in [1.54, 1.807) is 0 Å². The number of carbonyl (C=O) groups is 1. The van der Waals surface area contributed by atoms with Gasteiger partial charge in [-0.2, -0.15) is 0 Å². The largest absolute Gasteiger partial charge is 0.480 e. The molecule has 4 heteroatoms. The van der Waals surface area contributed by atoms with Crippen molar-refractivity contribution in [1.29, 1.82) is 0 Å². The number of carboxylic acid groups (broad SMARTS) is 1. The van der Waals surface area contributed by atoms with Gasteiger partial charge in [0.1, 0.15) is 6.04 Å². The van der Waals surface area contributed by atoms with Crippen molar-refractivity contribution in [3.63, 3.8) is 0 Å². The third kappa shape index (κ3) is 2.89. The van der Waals surface area contributed by atoms with Crippen LogP contribution in [0.5, 0.6) is 0 Å². The molecule has 1 aromatic rings. The molecule has 1 unspecified atom stereocenters. The fourth-order valence-corrected chi connectivity index (χ4v) is 2.41. The van der Waals surface area contributed by atoms with Crippen LogP contribution in [-0.2, 0) is 4.79 Å². The fourth-order valence-electron chi connectivity index (χ4n) is 2.41. The van der Waals surface area contributed by atoms with E-state index in [4.69, 9.17) is 0 Å². The molecule has 0 amide bonds. The van der Waals surface area contributed by atoms with Gasteiger partial charge in [-0.05, 0) is 25.3 Å². The number of piperidine rings is 1. The number of likely N-dealkylation sites (tertiary alicyclic amines) is 1. The van der Waals surface area contributed by atoms with Crippen LogP contribution in [0.1, 0.15) is 31.4 Å². The first-order chi connectivity index (χ1) is 8.49. The van der Waals surface area contributed by atoms with E-state index in [1.165, 1.54) is 0 Å². The van der Waals surface area contributed by atoms with Gasteiger partial charge in [0.2, 0.25) is 0 Å². The lowest BCUT2D eigenvalue weighted by Crippen LogP contribution is -2.45. The van der Waals surface area contributed by atoms with Gasteiger partial charge in [0.15, 0.2) is 0 Å². The highest BCUT2D eigenvalue weighted by molar-refractivity contribution is 5.75. The molecule has 2 rings (SSSR count). The first kappa shape index (κ1) is 13.1. The first-order valence-corrected chi connectivity index (χ1v) is 6.24. The number of carboxylic acids is 1. The number of hydrogen-bond acceptors (Lipinski definition) is 3. The van der Waals surface area contributed by atoms with Crippen molar-refractivity contribution in [1.82, 2.24) is 4.90 Å². The van der Waals surface area contributed by atoms with E-state index in [0.29, 0.717) is 25.9 Å². The quantitative estimate of drug-likeness (QED) is 0.855. The molecule has 1 aliphatic rings. The lowest BCUT2D eigenvalue weighted by atomic mass is 9.92. The number of aliphatic hydroxyl groups is 1. The van der Waals surface area contributed by atoms with Crippen LogP contribution in [0.25, 0.3) is 0 Å². The predicted molar refractivity (Wildman–Crippen MR) is 68.2 cm³/mol. The minimum absolute atomic E-state index is 0.609. The Morgan fingerprint density at radius 3 is 2.33 bits per heavy atom. The van der Waals surface area contributed by atoms with Crippen LogP contribution in [0.2, 0.25) is 0 Å². The summed E-state index contributed by atoms with van der Waals surface area (Å²) < 4.78 is 0. The van der Waals surface area contributed by atoms with Gasteiger partial charge in [0, 0.05) is 13.1 Å². The zero-order valence-electron chi connectivity index (χ0n) is 10.5. The molecule has 0 aromatic heterocycles. The molecule has 1 aliphatic heterocycles. The fraction of sp³-hybridized carbons (Fsp3) is 0.500. The van der Waals surface area contributed by atoms with E-state index in [2.05, 4.69) is 0 Å². The van der Waals surface area contributed by atoms with Crippen molar-refractivity contribution in [2.75, 3.05) is 13.1 Å². The van der Waals surface area contributed by atoms with Crippen molar-refractivity contribution in [3.8, 4) is 0 Å². The van der Waals surface area contributed by atoms with Gasteiger partial charge in [-0.1, -0.05) is 30.3 Å². The molecule has 1 fully saturated rings. The molecule has 4 nitrogen and oxygen atoms in total. The van der Waals surface area contributed by atoms with E-state index < -0.39 is 17.6 Å². The summed E-state index contributed by atoms with van der Waals surface area (Å²) in [5, 5.41) is 19.3. The summed E-state index contributed by atoms with van der Waals surface area (Å²) >= 11 is 0. The third-order valence-electron chi connectivity index (χ3n) is 3.59. The van der Waals surface area contributed by atoms with Gasteiger partial charge in [0.25, 0.3) is 0 Å². The molecule has 1 saturated heterocycles. The van der Waals surface area contributed by atoms with Crippen LogP contribution < -0.4 is 0 Å². The van der Waals surface area contributed by atoms with Gasteiger partial charge < -0.3 is 10.2 Å². The molecule has 0 bridgehead atoms. The molecule has 1 heterocycles. The van der Waals surface area contributed by atoms with E-state index in [-0.39, 0.29) is 0 Å². The lowest BCUT2D eigenvalue weighted by Gasteiger charge is -2.38. The second-order valence-electron chi connectivity index (χ2n) is 5.18. The highest BCUT2D eigenvalue weighted by Crippen LogP contribution is 2.28. The topological polar surface area (TPSA) is 60.8 Å². The Kier molecular flexibility index (Phi) is 3.68. The number of benzene rings is 1. The van der Waals surface area contributed by atoms with Crippen LogP contribution in [0.15, 0.2) is 30.3 Å². The van der Waals surface area contributed by atoms with Crippen LogP contribution in [-0.4, -0.2) is 39.8 Å². The monoisotopic (exact) mass is 249 g/mol. The summed E-state index contributed by atoms with van der Waals surface area (Å²) in [4.78, 5) is 13.4. The smallest absolute Gasteiger partial charge is 0.325 e. The Balaban J connectivity index is 2.15. The number of rotatable bonds is 3. The summed E-state index contributed by atoms with van der Waals surface area (Å²) in [6.45, 7) is 3.03. The highest BCUT2D eigenvalue weighted by atomic mass is 16.4. The van der Waals surface area contributed by atoms with Gasteiger partial charge in [-0.3, -0.25) is 9.69 Å². The first-order valence-electron chi connectivity index (χ1n) is 6.24. The maximum absolute atomic E-state index is 11.5. The normalized spacial score (nSPS) is 21.4. The Morgan fingerprint density at radius 2 is 1.83 bits per heavy atom. The summed E-state index contributed by atoms with van der Waals surface area (Å²) in [5.74, 6) is -0.831. The molecule has 0 saturated carbocycles. The minimum atomic E-state index is -0.831. The van der Waals surface area contributed by atoms with Crippen LogP contribution >= 0.6 is 0 Å². The van der Waals surface area contributed by atoms with Gasteiger partial charge in [0.05, 0.1) is 5.60 Å². The number of aliphatic carboxylic acids is 1. The number of nitrogens with zero attached hydrogens (tertiary/aromatic N) is 1. The molecule has 0 spiro atoms. The lowest BCUT2D eigenvalue weighted by molar-refractivity contribution is -0.145. The molecular formula is C14H19NO3. The maximum Gasteiger partial charge on any atom is 0.325 e. The van der Waals surface area contributed by atoms with Crippen molar-refractivity contribution >= 4 is 5.97 Å². The van der Waals surface area contributed by atoms with Gasteiger partial charge in [-0.15, -0.1) is 0 Å². The van der Waals surface area contributed by atoms with Crippen molar-refractivity contribution in [2.24, 2.45) is 0 Å². The maximum atomic E-state index is 11.5. The summed E-state index contributed by atoms with van der Waals surface area (Å²) in [5.41, 5.74) is 0.141. The molecular weight excluding hydrogens is 230 g/mol. The van der Waals surface area contributed by atoms with E-state index >= 15 is 0 Å². The summed E-state index contributed by atoms with van der Waals surface area (Å²) in [6, 6.07) is 8.65. The van der Waals surface area contributed by atoms with Crippen molar-refractivity contribution in [3.05, 3.63) is 35.9 Å². The molecule has 98 valence electrons. The molecule has 0 radical (unpaired) electrons. The van der Waals surface area contributed by atoms with Crippen LogP contribution in [0.4, 0.5) is 0 Å². The molecule has 1 atom stereocenters. The summed E-state index contributed by atoms with van der Waals surface area (Å²) in [6.07, 6.45) is 1.23. The zero-order chi connectivity index (χ0) is 13.2. The van der Waals surface area contributed by atoms with Crippen molar-refractivity contribution < 1.29 is 15.0 Å². The van der Waals surface area contributed by atoms with Crippen LogP contribution in [0.3, 0.4) is 0 Å². The Hall–Kier alpha value is -1.39. The molecule has 2 N–H and O–H groups in total. The minimum Gasteiger partial charge on any atom is -0.480 e. The second kappa shape index (κ2) is 5.08. The second-order valence-corrected chi connectivity index (χ2v) is 5.18. The van der Waals surface area contributed by atoms with E-state index in [9.17, 15) is 15.0 Å². The highest BCUT2D eigenvalue weighted by Gasteiger charge is 2.34. The van der Waals surface area contributed by atoms with Gasteiger partial charge >= 0.3 is 5.97 Å². The average Bonchev–Trinajstić information content (AvgIpc) is 2.33. The Morgan fingerprint density at radius 1 is 1.28 bits per heavy atom. The zero-order valence-corrected chi connectivity index (χ0v) is 10.5. The standard InChI is InChI=1S/C14H19NO3/c1-14(18)7-9-15(10-8-14)12(13(16)17)11-5-3-2-4-6-11/h2-6,12,18H,7-10H2,1H3,(H,16,17). The van der Waals surface area contributed by atoms with E-state index in [1.807, 2.05) is 42.2 Å². The Bertz CT molecular complexity index is 406. The SMILES string of the molecule is CC1(O)CCN(C(C(=O)O)c2ccccc2)CC1. The average molecular weight is 249 g/mol. The number of hydrogen-bond donors (Lipinski definition) is 2. The molecule has 0 aliphatic carbocycles.